The van der Waals surface area contributed by atoms with E-state index >= 15 is 0 Å². The number of carbonyl (C=O) groups is 1. The van der Waals surface area contributed by atoms with Crippen LogP contribution in [0.25, 0.3) is 11.0 Å². The van der Waals surface area contributed by atoms with Crippen LogP contribution in [0.5, 0.6) is 0 Å². The minimum atomic E-state index is -0.363. The number of aryl methyl sites for hydroxylation is 1. The standard InChI is InChI=1S/C17H24N2O2/c1-5-12-13-8-6-7-9-14(13)21-16(12)11(4)19-15(10(2)3)17(18)20/h6-11,15,19H,5H2,1-4H3,(H2,18,20). The van der Waals surface area contributed by atoms with Crippen LogP contribution in [-0.4, -0.2) is 11.9 Å². The lowest BCUT2D eigenvalue weighted by atomic mass is 10.0. The second-order valence-electron chi connectivity index (χ2n) is 5.81. The van der Waals surface area contributed by atoms with Gasteiger partial charge in [0.15, 0.2) is 0 Å². The van der Waals surface area contributed by atoms with Gasteiger partial charge in [-0.2, -0.15) is 0 Å². The molecule has 114 valence electrons. The fraction of sp³-hybridized carbons (Fsp3) is 0.471. The van der Waals surface area contributed by atoms with Crippen molar-refractivity contribution < 1.29 is 9.21 Å². The van der Waals surface area contributed by atoms with Gasteiger partial charge in [0.2, 0.25) is 5.91 Å². The smallest absolute Gasteiger partial charge is 0.234 e. The molecule has 0 fully saturated rings. The Morgan fingerprint density at radius 1 is 1.29 bits per heavy atom. The summed E-state index contributed by atoms with van der Waals surface area (Å²) in [6, 6.07) is 7.60. The van der Waals surface area contributed by atoms with E-state index in [0.29, 0.717) is 0 Å². The van der Waals surface area contributed by atoms with E-state index in [9.17, 15) is 4.79 Å². The van der Waals surface area contributed by atoms with Gasteiger partial charge in [-0.25, -0.2) is 0 Å². The topological polar surface area (TPSA) is 68.3 Å². The Labute approximate surface area is 125 Å². The van der Waals surface area contributed by atoms with Crippen LogP contribution in [0.2, 0.25) is 0 Å². The number of nitrogens with two attached hydrogens (primary N) is 1. The number of hydrogen-bond donors (Lipinski definition) is 2. The van der Waals surface area contributed by atoms with Crippen molar-refractivity contribution in [1.29, 1.82) is 0 Å². The minimum absolute atomic E-state index is 0.0627. The summed E-state index contributed by atoms with van der Waals surface area (Å²) < 4.78 is 6.00. The second-order valence-corrected chi connectivity index (χ2v) is 5.81. The summed E-state index contributed by atoms with van der Waals surface area (Å²) in [6.45, 7) is 8.08. The summed E-state index contributed by atoms with van der Waals surface area (Å²) in [5, 5.41) is 4.44. The van der Waals surface area contributed by atoms with Gasteiger partial charge >= 0.3 is 0 Å². The number of para-hydroxylation sites is 1. The lowest BCUT2D eigenvalue weighted by Crippen LogP contribution is -2.46. The number of rotatable bonds is 6. The zero-order valence-electron chi connectivity index (χ0n) is 13.1. The average Bonchev–Trinajstić information content (AvgIpc) is 2.82. The fourth-order valence-corrected chi connectivity index (χ4v) is 2.78. The average molecular weight is 288 g/mol. The molecule has 0 aliphatic carbocycles. The predicted octanol–water partition coefficient (Wildman–Crippen LogP) is 3.16. The van der Waals surface area contributed by atoms with Crippen molar-refractivity contribution in [3.8, 4) is 0 Å². The Balaban J connectivity index is 2.34. The highest BCUT2D eigenvalue weighted by Crippen LogP contribution is 2.30. The molecule has 0 aliphatic heterocycles. The number of primary amides is 1. The van der Waals surface area contributed by atoms with Gasteiger partial charge in [-0.1, -0.05) is 39.0 Å². The van der Waals surface area contributed by atoms with E-state index in [4.69, 9.17) is 10.2 Å². The molecule has 2 atom stereocenters. The summed E-state index contributed by atoms with van der Waals surface area (Å²) in [4.78, 5) is 11.6. The molecule has 1 heterocycles. The van der Waals surface area contributed by atoms with Crippen molar-refractivity contribution in [3.63, 3.8) is 0 Å². The molecular weight excluding hydrogens is 264 g/mol. The molecule has 4 heteroatoms. The monoisotopic (exact) mass is 288 g/mol. The predicted molar refractivity (Wildman–Crippen MR) is 85.0 cm³/mol. The lowest BCUT2D eigenvalue weighted by molar-refractivity contribution is -0.121. The number of benzene rings is 1. The van der Waals surface area contributed by atoms with Gasteiger partial charge < -0.3 is 10.2 Å². The van der Waals surface area contributed by atoms with Crippen LogP contribution in [-0.2, 0) is 11.2 Å². The minimum Gasteiger partial charge on any atom is -0.459 e. The molecule has 21 heavy (non-hydrogen) atoms. The maximum atomic E-state index is 11.6. The maximum absolute atomic E-state index is 11.6. The highest BCUT2D eigenvalue weighted by Gasteiger charge is 2.25. The first kappa shape index (κ1) is 15.6. The third-order valence-electron chi connectivity index (χ3n) is 3.88. The molecule has 2 unspecified atom stereocenters. The molecule has 1 aromatic heterocycles. The van der Waals surface area contributed by atoms with Crippen molar-refractivity contribution in [1.82, 2.24) is 5.32 Å². The first-order valence-electron chi connectivity index (χ1n) is 7.51. The molecule has 3 N–H and O–H groups in total. The summed E-state index contributed by atoms with van der Waals surface area (Å²) in [5.74, 6) is 0.705. The number of hydrogen-bond acceptors (Lipinski definition) is 3. The van der Waals surface area contributed by atoms with Crippen LogP contribution in [0.4, 0.5) is 0 Å². The first-order chi connectivity index (χ1) is 9.95. The van der Waals surface area contributed by atoms with E-state index < -0.39 is 0 Å². The molecule has 0 bridgehead atoms. The third kappa shape index (κ3) is 3.10. The number of nitrogens with one attached hydrogen (secondary N) is 1. The Hall–Kier alpha value is -1.81. The van der Waals surface area contributed by atoms with Crippen LogP contribution < -0.4 is 11.1 Å². The molecule has 0 aliphatic rings. The van der Waals surface area contributed by atoms with E-state index in [1.54, 1.807) is 0 Å². The maximum Gasteiger partial charge on any atom is 0.234 e. The normalized spacial score (nSPS) is 14.5. The Morgan fingerprint density at radius 3 is 2.52 bits per heavy atom. The van der Waals surface area contributed by atoms with Crippen LogP contribution in [0.3, 0.4) is 0 Å². The lowest BCUT2D eigenvalue weighted by Gasteiger charge is -2.23. The SMILES string of the molecule is CCc1c(C(C)NC(C(N)=O)C(C)C)oc2ccccc12. The zero-order chi connectivity index (χ0) is 15.6. The molecule has 2 rings (SSSR count). The van der Waals surface area contributed by atoms with Gasteiger partial charge in [-0.3, -0.25) is 10.1 Å². The van der Waals surface area contributed by atoms with Gasteiger partial charge in [0, 0.05) is 10.9 Å². The van der Waals surface area contributed by atoms with Crippen LogP contribution in [0, 0.1) is 5.92 Å². The summed E-state index contributed by atoms with van der Waals surface area (Å²) in [7, 11) is 0. The molecule has 0 saturated carbocycles. The van der Waals surface area contributed by atoms with Crippen molar-refractivity contribution in [2.45, 2.75) is 46.2 Å². The molecular formula is C17H24N2O2. The van der Waals surface area contributed by atoms with E-state index in [1.165, 1.54) is 5.56 Å². The zero-order valence-corrected chi connectivity index (χ0v) is 13.1. The van der Waals surface area contributed by atoms with Crippen LogP contribution in [0.1, 0.15) is 45.1 Å². The van der Waals surface area contributed by atoms with Crippen molar-refractivity contribution in [2.75, 3.05) is 0 Å². The van der Waals surface area contributed by atoms with Crippen molar-refractivity contribution in [3.05, 3.63) is 35.6 Å². The van der Waals surface area contributed by atoms with Gasteiger partial charge in [-0.15, -0.1) is 0 Å². The van der Waals surface area contributed by atoms with E-state index in [2.05, 4.69) is 18.3 Å². The van der Waals surface area contributed by atoms with Gasteiger partial charge in [-0.05, 0) is 25.3 Å². The van der Waals surface area contributed by atoms with Gasteiger partial charge in [0.05, 0.1) is 12.1 Å². The summed E-state index contributed by atoms with van der Waals surface area (Å²) in [5.41, 5.74) is 7.56. The molecule has 2 aromatic rings. The quantitative estimate of drug-likeness (QED) is 0.858. The Bertz CT molecular complexity index is 631. The molecule has 0 radical (unpaired) electrons. The Kier molecular flexibility index (Phi) is 4.68. The molecule has 1 amide bonds. The van der Waals surface area contributed by atoms with E-state index in [-0.39, 0.29) is 23.9 Å². The number of fused-ring (bicyclic) bond motifs is 1. The number of amides is 1. The Morgan fingerprint density at radius 2 is 1.95 bits per heavy atom. The third-order valence-corrected chi connectivity index (χ3v) is 3.88. The van der Waals surface area contributed by atoms with E-state index in [0.717, 1.165) is 23.2 Å². The van der Waals surface area contributed by atoms with Gasteiger partial charge in [0.1, 0.15) is 11.3 Å². The first-order valence-corrected chi connectivity index (χ1v) is 7.51. The largest absolute Gasteiger partial charge is 0.459 e. The van der Waals surface area contributed by atoms with Gasteiger partial charge in [0.25, 0.3) is 0 Å². The molecule has 0 spiro atoms. The molecule has 1 aromatic carbocycles. The van der Waals surface area contributed by atoms with E-state index in [1.807, 2.05) is 39.0 Å². The van der Waals surface area contributed by atoms with Crippen LogP contribution >= 0.6 is 0 Å². The molecule has 0 saturated heterocycles. The molecule has 4 nitrogen and oxygen atoms in total. The number of furan rings is 1. The van der Waals surface area contributed by atoms with Crippen molar-refractivity contribution in [2.24, 2.45) is 11.7 Å². The highest BCUT2D eigenvalue weighted by molar-refractivity contribution is 5.82. The number of carbonyl (C=O) groups excluding carboxylic acids is 1. The summed E-state index contributed by atoms with van der Waals surface area (Å²) >= 11 is 0. The fourth-order valence-electron chi connectivity index (χ4n) is 2.78. The van der Waals surface area contributed by atoms with Crippen LogP contribution in [0.15, 0.2) is 28.7 Å². The summed E-state index contributed by atoms with van der Waals surface area (Å²) in [6.07, 6.45) is 0.890. The second kappa shape index (κ2) is 6.31. The highest BCUT2D eigenvalue weighted by atomic mass is 16.3. The van der Waals surface area contributed by atoms with Crippen molar-refractivity contribution >= 4 is 16.9 Å².